The summed E-state index contributed by atoms with van der Waals surface area (Å²) < 4.78 is 0. The number of nitrogens with zero attached hydrogens (tertiary/aromatic N) is 3. The number of hydrogen-bond donors (Lipinski definition) is 1. The quantitative estimate of drug-likeness (QED) is 0.779. The van der Waals surface area contributed by atoms with Gasteiger partial charge < -0.3 is 5.32 Å². The fraction of sp³-hybridized carbons (Fsp3) is 0.0952. The highest BCUT2D eigenvalue weighted by atomic mass is 16.2. The molecule has 0 aliphatic carbocycles. The van der Waals surface area contributed by atoms with Gasteiger partial charge in [0.1, 0.15) is 5.71 Å². The normalized spacial score (nSPS) is 16.2. The average molecular weight is 342 g/mol. The molecule has 2 heterocycles. The minimum Gasteiger partial charge on any atom is -0.319 e. The molecule has 1 amide bonds. The molecule has 0 radical (unpaired) electrons. The summed E-state index contributed by atoms with van der Waals surface area (Å²) >= 11 is 0. The Balaban J connectivity index is 1.63. The van der Waals surface area contributed by atoms with Crippen molar-refractivity contribution in [3.63, 3.8) is 0 Å². The molecule has 0 saturated heterocycles. The van der Waals surface area contributed by atoms with Crippen LogP contribution in [0.2, 0.25) is 0 Å². The molecule has 5 nitrogen and oxygen atoms in total. The predicted octanol–water partition coefficient (Wildman–Crippen LogP) is 4.03. The van der Waals surface area contributed by atoms with Crippen molar-refractivity contribution in [1.29, 1.82) is 0 Å². The van der Waals surface area contributed by atoms with Gasteiger partial charge in [-0.05, 0) is 29.8 Å². The standard InChI is InChI=1S/C21H18N4O/c26-21(23-17-10-7-13-22-15-17)19-14-20(16-8-3-1-4-9-16)25(24-19)18-11-5-2-6-12-18/h1-13,15,20H,14H2,(H,23,26)/t20-/m1/s1. The van der Waals surface area contributed by atoms with Gasteiger partial charge >= 0.3 is 0 Å². The van der Waals surface area contributed by atoms with E-state index < -0.39 is 0 Å². The van der Waals surface area contributed by atoms with Crippen LogP contribution in [-0.2, 0) is 4.79 Å². The fourth-order valence-corrected chi connectivity index (χ4v) is 3.04. The van der Waals surface area contributed by atoms with Crippen molar-refractivity contribution in [2.24, 2.45) is 5.10 Å². The molecule has 0 fully saturated rings. The molecule has 1 aliphatic rings. The number of pyridine rings is 1. The second-order valence-electron chi connectivity index (χ2n) is 6.05. The van der Waals surface area contributed by atoms with E-state index in [4.69, 9.17) is 0 Å². The van der Waals surface area contributed by atoms with Crippen LogP contribution < -0.4 is 10.3 Å². The molecule has 1 atom stereocenters. The van der Waals surface area contributed by atoms with Gasteiger partial charge in [-0.2, -0.15) is 5.10 Å². The Bertz CT molecular complexity index is 911. The number of carbonyl (C=O) groups excluding carboxylic acids is 1. The van der Waals surface area contributed by atoms with E-state index in [9.17, 15) is 4.79 Å². The summed E-state index contributed by atoms with van der Waals surface area (Å²) in [6, 6.07) is 23.6. The summed E-state index contributed by atoms with van der Waals surface area (Å²) in [6.45, 7) is 0. The zero-order chi connectivity index (χ0) is 17.8. The lowest BCUT2D eigenvalue weighted by molar-refractivity contribution is -0.110. The van der Waals surface area contributed by atoms with Crippen molar-refractivity contribution in [1.82, 2.24) is 4.98 Å². The minimum atomic E-state index is -0.197. The van der Waals surface area contributed by atoms with Crippen molar-refractivity contribution in [2.75, 3.05) is 10.3 Å². The lowest BCUT2D eigenvalue weighted by atomic mass is 10.0. The molecule has 26 heavy (non-hydrogen) atoms. The largest absolute Gasteiger partial charge is 0.319 e. The molecular formula is C21H18N4O. The van der Waals surface area contributed by atoms with Crippen molar-refractivity contribution < 1.29 is 4.79 Å². The number of amides is 1. The highest BCUT2D eigenvalue weighted by Crippen LogP contribution is 2.35. The van der Waals surface area contributed by atoms with Crippen LogP contribution in [0.5, 0.6) is 0 Å². The van der Waals surface area contributed by atoms with Crippen molar-refractivity contribution >= 4 is 23.0 Å². The van der Waals surface area contributed by atoms with Crippen LogP contribution >= 0.6 is 0 Å². The van der Waals surface area contributed by atoms with Crippen molar-refractivity contribution in [3.05, 3.63) is 90.8 Å². The van der Waals surface area contributed by atoms with E-state index in [0.29, 0.717) is 17.8 Å². The van der Waals surface area contributed by atoms with Gasteiger partial charge in [0.15, 0.2) is 0 Å². The van der Waals surface area contributed by atoms with Crippen LogP contribution in [0.15, 0.2) is 90.3 Å². The fourth-order valence-electron chi connectivity index (χ4n) is 3.04. The third-order valence-corrected chi connectivity index (χ3v) is 4.30. The Kier molecular flexibility index (Phi) is 4.43. The first kappa shape index (κ1) is 16.0. The summed E-state index contributed by atoms with van der Waals surface area (Å²) in [5, 5.41) is 9.42. The second-order valence-corrected chi connectivity index (χ2v) is 6.05. The van der Waals surface area contributed by atoms with Gasteiger partial charge in [0.25, 0.3) is 5.91 Å². The SMILES string of the molecule is O=C(Nc1cccnc1)C1=NN(c2ccccc2)[C@@H](c2ccccc2)C1. The molecule has 0 saturated carbocycles. The number of benzene rings is 2. The maximum absolute atomic E-state index is 12.7. The van der Waals surface area contributed by atoms with Crippen LogP contribution in [0.4, 0.5) is 11.4 Å². The topological polar surface area (TPSA) is 57.6 Å². The van der Waals surface area contributed by atoms with Crippen LogP contribution in [0.1, 0.15) is 18.0 Å². The summed E-state index contributed by atoms with van der Waals surface area (Å²) in [5.41, 5.74) is 3.26. The first-order valence-corrected chi connectivity index (χ1v) is 8.49. The average Bonchev–Trinajstić information content (AvgIpc) is 3.16. The molecule has 3 aromatic rings. The zero-order valence-electron chi connectivity index (χ0n) is 14.1. The molecule has 5 heteroatoms. The second kappa shape index (κ2) is 7.19. The van der Waals surface area contributed by atoms with Crippen LogP contribution in [0.25, 0.3) is 0 Å². The Morgan fingerprint density at radius 1 is 0.962 bits per heavy atom. The van der Waals surface area contributed by atoms with Crippen LogP contribution in [0.3, 0.4) is 0 Å². The molecule has 0 bridgehead atoms. The van der Waals surface area contributed by atoms with Crippen molar-refractivity contribution in [3.8, 4) is 0 Å². The van der Waals surface area contributed by atoms with E-state index in [0.717, 1.165) is 11.3 Å². The van der Waals surface area contributed by atoms with Gasteiger partial charge in [-0.1, -0.05) is 48.5 Å². The molecule has 128 valence electrons. The number of nitrogens with one attached hydrogen (secondary N) is 1. The summed E-state index contributed by atoms with van der Waals surface area (Å²) in [6.07, 6.45) is 3.84. The number of aromatic nitrogens is 1. The van der Waals surface area contributed by atoms with Gasteiger partial charge in [-0.25, -0.2) is 0 Å². The maximum Gasteiger partial charge on any atom is 0.272 e. The number of anilines is 2. The Labute approximate surface area is 152 Å². The molecule has 1 N–H and O–H groups in total. The minimum absolute atomic E-state index is 0.00625. The highest BCUT2D eigenvalue weighted by molar-refractivity contribution is 6.43. The predicted molar refractivity (Wildman–Crippen MR) is 103 cm³/mol. The number of carbonyl (C=O) groups is 1. The zero-order valence-corrected chi connectivity index (χ0v) is 14.1. The Hall–Kier alpha value is -3.47. The smallest absolute Gasteiger partial charge is 0.272 e. The molecular weight excluding hydrogens is 324 g/mol. The van der Waals surface area contributed by atoms with E-state index in [-0.39, 0.29) is 11.9 Å². The van der Waals surface area contributed by atoms with Gasteiger partial charge in [0, 0.05) is 12.6 Å². The first-order chi connectivity index (χ1) is 12.8. The van der Waals surface area contributed by atoms with Gasteiger partial charge in [0.05, 0.1) is 23.6 Å². The Morgan fingerprint density at radius 2 is 1.69 bits per heavy atom. The molecule has 1 aliphatic heterocycles. The van der Waals surface area contributed by atoms with E-state index in [1.165, 1.54) is 0 Å². The molecule has 2 aromatic carbocycles. The molecule has 0 unspecified atom stereocenters. The van der Waals surface area contributed by atoms with E-state index in [1.54, 1.807) is 18.5 Å². The number of para-hydroxylation sites is 1. The van der Waals surface area contributed by atoms with Crippen LogP contribution in [-0.4, -0.2) is 16.6 Å². The molecule has 4 rings (SSSR count). The summed E-state index contributed by atoms with van der Waals surface area (Å²) in [5.74, 6) is -0.197. The number of rotatable bonds is 4. The molecule has 0 spiro atoms. The van der Waals surface area contributed by atoms with Crippen LogP contribution in [0, 0.1) is 0 Å². The van der Waals surface area contributed by atoms with E-state index >= 15 is 0 Å². The van der Waals surface area contributed by atoms with Crippen molar-refractivity contribution in [2.45, 2.75) is 12.5 Å². The number of hydrogen-bond acceptors (Lipinski definition) is 4. The lowest BCUT2D eigenvalue weighted by Gasteiger charge is -2.23. The third-order valence-electron chi connectivity index (χ3n) is 4.30. The monoisotopic (exact) mass is 342 g/mol. The van der Waals surface area contributed by atoms with Gasteiger partial charge in [-0.3, -0.25) is 14.8 Å². The van der Waals surface area contributed by atoms with Gasteiger partial charge in [-0.15, -0.1) is 0 Å². The van der Waals surface area contributed by atoms with E-state index in [1.807, 2.05) is 59.6 Å². The van der Waals surface area contributed by atoms with E-state index in [2.05, 4.69) is 27.5 Å². The highest BCUT2D eigenvalue weighted by Gasteiger charge is 2.32. The number of hydrazone groups is 1. The lowest BCUT2D eigenvalue weighted by Crippen LogP contribution is -2.22. The van der Waals surface area contributed by atoms with Gasteiger partial charge in [0.2, 0.25) is 0 Å². The maximum atomic E-state index is 12.7. The Morgan fingerprint density at radius 3 is 2.38 bits per heavy atom. The first-order valence-electron chi connectivity index (χ1n) is 8.49. The molecule has 1 aromatic heterocycles. The summed E-state index contributed by atoms with van der Waals surface area (Å²) in [7, 11) is 0. The third kappa shape index (κ3) is 3.32. The summed E-state index contributed by atoms with van der Waals surface area (Å²) in [4.78, 5) is 16.7.